The van der Waals surface area contributed by atoms with Gasteiger partial charge in [0.2, 0.25) is 0 Å². The summed E-state index contributed by atoms with van der Waals surface area (Å²) in [5.74, 6) is -0.642. The van der Waals surface area contributed by atoms with Gasteiger partial charge in [-0.3, -0.25) is 4.79 Å². The first kappa shape index (κ1) is 16.4. The molecule has 0 aromatic carbocycles. The maximum absolute atomic E-state index is 13.1. The molecule has 0 aromatic rings. The SMILES string of the molecule is CCOC(=O)[C@]12O[C@@]3(C[C@@H](C)CC[C@@H]3C1(C)C)N(CC=O)C2=O. The van der Waals surface area contributed by atoms with E-state index in [-0.39, 0.29) is 19.1 Å². The van der Waals surface area contributed by atoms with Crippen LogP contribution in [0.15, 0.2) is 0 Å². The van der Waals surface area contributed by atoms with Crippen molar-refractivity contribution in [1.82, 2.24) is 4.90 Å². The Hall–Kier alpha value is -1.43. The van der Waals surface area contributed by atoms with Gasteiger partial charge in [0, 0.05) is 11.3 Å². The second-order valence-corrected chi connectivity index (χ2v) is 7.59. The highest BCUT2D eigenvalue weighted by Gasteiger charge is 2.82. The van der Waals surface area contributed by atoms with Crippen LogP contribution in [0.1, 0.15) is 47.0 Å². The molecule has 23 heavy (non-hydrogen) atoms. The lowest BCUT2D eigenvalue weighted by Gasteiger charge is -2.51. The minimum absolute atomic E-state index is 0.0215. The van der Waals surface area contributed by atoms with Crippen LogP contribution < -0.4 is 0 Å². The van der Waals surface area contributed by atoms with Gasteiger partial charge in [-0.15, -0.1) is 0 Å². The summed E-state index contributed by atoms with van der Waals surface area (Å²) in [4.78, 5) is 38.5. The molecule has 3 rings (SSSR count). The van der Waals surface area contributed by atoms with Gasteiger partial charge in [-0.05, 0) is 25.7 Å². The van der Waals surface area contributed by atoms with Crippen LogP contribution in [-0.4, -0.2) is 47.5 Å². The van der Waals surface area contributed by atoms with E-state index < -0.39 is 28.6 Å². The summed E-state index contributed by atoms with van der Waals surface area (Å²) in [7, 11) is 0. The minimum atomic E-state index is -1.62. The number of amides is 1. The second-order valence-electron chi connectivity index (χ2n) is 7.59. The van der Waals surface area contributed by atoms with Crippen molar-refractivity contribution in [2.45, 2.75) is 58.3 Å². The van der Waals surface area contributed by atoms with Gasteiger partial charge in [0.15, 0.2) is 0 Å². The fourth-order valence-electron chi connectivity index (χ4n) is 5.07. The van der Waals surface area contributed by atoms with Crippen LogP contribution >= 0.6 is 0 Å². The smallest absolute Gasteiger partial charge is 0.349 e. The van der Waals surface area contributed by atoms with Gasteiger partial charge in [0.25, 0.3) is 11.5 Å². The summed E-state index contributed by atoms with van der Waals surface area (Å²) in [6.07, 6.45) is 3.26. The lowest BCUT2D eigenvalue weighted by molar-refractivity contribution is -0.180. The first-order valence-corrected chi connectivity index (χ1v) is 8.41. The number of esters is 1. The molecule has 1 amide bonds. The Morgan fingerprint density at radius 2 is 2.13 bits per heavy atom. The average Bonchev–Trinajstić information content (AvgIpc) is 2.83. The van der Waals surface area contributed by atoms with E-state index in [1.165, 1.54) is 4.90 Å². The molecule has 4 atom stereocenters. The highest BCUT2D eigenvalue weighted by molar-refractivity contribution is 6.10. The van der Waals surface area contributed by atoms with Gasteiger partial charge >= 0.3 is 5.97 Å². The first-order chi connectivity index (χ1) is 10.8. The number of nitrogens with zero attached hydrogens (tertiary/aromatic N) is 1. The summed E-state index contributed by atoms with van der Waals surface area (Å²) in [6.45, 7) is 7.82. The number of carbonyl (C=O) groups excluding carboxylic acids is 3. The molecule has 6 nitrogen and oxygen atoms in total. The zero-order chi connectivity index (χ0) is 17.0. The number of carbonyl (C=O) groups is 3. The molecule has 0 radical (unpaired) electrons. The molecule has 0 unspecified atom stereocenters. The van der Waals surface area contributed by atoms with Crippen LogP contribution in [0.4, 0.5) is 0 Å². The van der Waals surface area contributed by atoms with E-state index >= 15 is 0 Å². The van der Waals surface area contributed by atoms with Gasteiger partial charge in [0.1, 0.15) is 12.0 Å². The summed E-state index contributed by atoms with van der Waals surface area (Å²) in [5.41, 5.74) is -3.14. The highest BCUT2D eigenvalue weighted by atomic mass is 16.6. The van der Waals surface area contributed by atoms with Crippen LogP contribution in [0.25, 0.3) is 0 Å². The van der Waals surface area contributed by atoms with Crippen molar-refractivity contribution in [2.24, 2.45) is 17.3 Å². The molecule has 1 saturated carbocycles. The van der Waals surface area contributed by atoms with E-state index in [9.17, 15) is 14.4 Å². The summed E-state index contributed by atoms with van der Waals surface area (Å²) < 4.78 is 11.5. The number of rotatable bonds is 4. The number of ether oxygens (including phenoxy) is 2. The Morgan fingerprint density at radius 3 is 2.74 bits per heavy atom. The fraction of sp³-hybridized carbons (Fsp3) is 0.824. The van der Waals surface area contributed by atoms with Crippen LogP contribution in [0.3, 0.4) is 0 Å². The fourth-order valence-corrected chi connectivity index (χ4v) is 5.07. The van der Waals surface area contributed by atoms with E-state index in [1.807, 2.05) is 13.8 Å². The van der Waals surface area contributed by atoms with E-state index in [0.29, 0.717) is 18.6 Å². The molecule has 2 aliphatic heterocycles. The maximum atomic E-state index is 13.1. The number of aldehydes is 1. The van der Waals surface area contributed by atoms with Gasteiger partial charge < -0.3 is 19.2 Å². The van der Waals surface area contributed by atoms with Crippen molar-refractivity contribution in [2.75, 3.05) is 13.2 Å². The van der Waals surface area contributed by atoms with Gasteiger partial charge in [-0.1, -0.05) is 27.2 Å². The second kappa shape index (κ2) is 5.03. The molecular weight excluding hydrogens is 298 g/mol. The molecule has 3 aliphatic rings. The number of hydrogen-bond donors (Lipinski definition) is 0. The number of fused-ring (bicyclic) bond motifs is 1. The third kappa shape index (κ3) is 1.76. The molecule has 2 heterocycles. The Bertz CT molecular complexity index is 559. The van der Waals surface area contributed by atoms with Crippen molar-refractivity contribution in [3.63, 3.8) is 0 Å². The lowest BCUT2D eigenvalue weighted by Crippen LogP contribution is -2.66. The maximum Gasteiger partial charge on any atom is 0.349 e. The molecule has 1 aliphatic carbocycles. The number of piperidine rings is 1. The zero-order valence-corrected chi connectivity index (χ0v) is 14.3. The molecule has 128 valence electrons. The Kier molecular flexibility index (Phi) is 3.59. The third-order valence-electron chi connectivity index (χ3n) is 6.07. The average molecular weight is 323 g/mol. The molecule has 3 fully saturated rings. The first-order valence-electron chi connectivity index (χ1n) is 8.41. The van der Waals surface area contributed by atoms with Crippen LogP contribution in [0.5, 0.6) is 0 Å². The van der Waals surface area contributed by atoms with Gasteiger partial charge in [0.05, 0.1) is 13.2 Å². The Morgan fingerprint density at radius 1 is 1.43 bits per heavy atom. The molecule has 6 heteroatoms. The molecule has 0 N–H and O–H groups in total. The molecule has 2 saturated heterocycles. The number of hydrogen-bond acceptors (Lipinski definition) is 5. The largest absolute Gasteiger partial charge is 0.463 e. The Balaban J connectivity index is 2.15. The zero-order valence-electron chi connectivity index (χ0n) is 14.3. The summed E-state index contributed by atoms with van der Waals surface area (Å²) in [5, 5.41) is 0. The van der Waals surface area contributed by atoms with E-state index in [1.54, 1.807) is 6.92 Å². The van der Waals surface area contributed by atoms with Gasteiger partial charge in [-0.2, -0.15) is 0 Å². The monoisotopic (exact) mass is 323 g/mol. The number of likely N-dealkylation sites (tertiary alicyclic amines) is 1. The van der Waals surface area contributed by atoms with Crippen LogP contribution in [0.2, 0.25) is 0 Å². The lowest BCUT2D eigenvalue weighted by atomic mass is 9.58. The van der Waals surface area contributed by atoms with E-state index in [0.717, 1.165) is 12.8 Å². The minimum Gasteiger partial charge on any atom is -0.463 e. The Labute approximate surface area is 136 Å². The molecule has 2 bridgehead atoms. The van der Waals surface area contributed by atoms with E-state index in [4.69, 9.17) is 9.47 Å². The predicted molar refractivity (Wildman–Crippen MR) is 81.2 cm³/mol. The van der Waals surface area contributed by atoms with Crippen LogP contribution in [0, 0.1) is 17.3 Å². The highest BCUT2D eigenvalue weighted by Crippen LogP contribution is 2.67. The normalized spacial score (nSPS) is 40.9. The molecule has 1 spiro atoms. The summed E-state index contributed by atoms with van der Waals surface area (Å²) >= 11 is 0. The van der Waals surface area contributed by atoms with Crippen LogP contribution in [-0.2, 0) is 23.9 Å². The van der Waals surface area contributed by atoms with Crippen molar-refractivity contribution >= 4 is 18.2 Å². The molecular formula is C17H25NO5. The van der Waals surface area contributed by atoms with E-state index in [2.05, 4.69) is 6.92 Å². The summed E-state index contributed by atoms with van der Waals surface area (Å²) in [6, 6.07) is 0. The quantitative estimate of drug-likeness (QED) is 0.445. The topological polar surface area (TPSA) is 72.9 Å². The third-order valence-corrected chi connectivity index (χ3v) is 6.07. The standard InChI is InChI=1S/C17H25NO5/c1-5-22-14(21)17-13(20)18(8-9-19)16(23-17)10-11(2)6-7-12(16)15(17,3)4/h9,11-12H,5-8,10H2,1-4H3/t11-,12+,16+,17-/m0/s1. The van der Waals surface area contributed by atoms with Crippen molar-refractivity contribution in [3.8, 4) is 0 Å². The van der Waals surface area contributed by atoms with Crippen molar-refractivity contribution < 1.29 is 23.9 Å². The van der Waals surface area contributed by atoms with Gasteiger partial charge in [-0.25, -0.2) is 4.79 Å². The predicted octanol–water partition coefficient (Wildman–Crippen LogP) is 1.52. The van der Waals surface area contributed by atoms with Crippen molar-refractivity contribution in [1.29, 1.82) is 0 Å². The molecule has 0 aromatic heterocycles. The van der Waals surface area contributed by atoms with Crippen molar-refractivity contribution in [3.05, 3.63) is 0 Å².